The lowest BCUT2D eigenvalue weighted by atomic mass is 9.82. The van der Waals surface area contributed by atoms with E-state index in [4.69, 9.17) is 15.0 Å². The van der Waals surface area contributed by atoms with Crippen molar-refractivity contribution in [1.82, 2.24) is 24.1 Å². The van der Waals surface area contributed by atoms with Gasteiger partial charge in [-0.3, -0.25) is 0 Å². The molecule has 0 atom stereocenters. The van der Waals surface area contributed by atoms with Crippen molar-refractivity contribution < 1.29 is 0 Å². The smallest absolute Gasteiger partial charge is 0.164 e. The van der Waals surface area contributed by atoms with Gasteiger partial charge in [-0.15, -0.1) is 0 Å². The molecule has 0 amide bonds. The topological polar surface area (TPSA) is 48.5 Å². The Balaban J connectivity index is 0.811. The summed E-state index contributed by atoms with van der Waals surface area (Å²) in [5.74, 6) is 1.86. The molecule has 11 aromatic carbocycles. The van der Waals surface area contributed by atoms with E-state index >= 15 is 0 Å². The van der Waals surface area contributed by atoms with Crippen molar-refractivity contribution in [2.45, 2.75) is 19.3 Å². The van der Waals surface area contributed by atoms with Gasteiger partial charge in [0.2, 0.25) is 0 Å². The van der Waals surface area contributed by atoms with Crippen LogP contribution in [0.1, 0.15) is 25.0 Å². The van der Waals surface area contributed by atoms with E-state index in [2.05, 4.69) is 272 Å². The van der Waals surface area contributed by atoms with Crippen molar-refractivity contribution in [3.63, 3.8) is 0 Å². The molecule has 77 heavy (non-hydrogen) atoms. The van der Waals surface area contributed by atoms with Crippen molar-refractivity contribution in [2.24, 2.45) is 0 Å². The fraction of sp³-hybridized carbons (Fsp3) is 0.0417. The molecule has 0 saturated heterocycles. The van der Waals surface area contributed by atoms with Gasteiger partial charge in [-0.25, -0.2) is 15.0 Å². The summed E-state index contributed by atoms with van der Waals surface area (Å²) in [5, 5.41) is 4.88. The maximum Gasteiger partial charge on any atom is 0.164 e. The molecule has 0 bridgehead atoms. The molecule has 14 aromatic rings. The second-order valence-corrected chi connectivity index (χ2v) is 20.8. The first-order valence-corrected chi connectivity index (χ1v) is 26.4. The average Bonchev–Trinajstić information content (AvgIpc) is 4.11. The van der Waals surface area contributed by atoms with Gasteiger partial charge in [0, 0.05) is 55.0 Å². The lowest BCUT2D eigenvalue weighted by molar-refractivity contribution is 0.660. The summed E-state index contributed by atoms with van der Waals surface area (Å²) >= 11 is 0. The van der Waals surface area contributed by atoms with Gasteiger partial charge in [-0.2, -0.15) is 0 Å². The van der Waals surface area contributed by atoms with Crippen LogP contribution in [0.25, 0.3) is 134 Å². The first kappa shape index (κ1) is 44.5. The highest BCUT2D eigenvalue weighted by atomic mass is 15.0. The minimum Gasteiger partial charge on any atom is -0.309 e. The fourth-order valence-corrected chi connectivity index (χ4v) is 12.1. The Morgan fingerprint density at radius 3 is 1.27 bits per heavy atom. The summed E-state index contributed by atoms with van der Waals surface area (Å²) in [6, 6.07) is 93.9. The van der Waals surface area contributed by atoms with Gasteiger partial charge in [0.05, 0.1) is 22.1 Å². The van der Waals surface area contributed by atoms with Crippen LogP contribution in [0.3, 0.4) is 0 Å². The summed E-state index contributed by atoms with van der Waals surface area (Å²) in [4.78, 5) is 15.4. The van der Waals surface area contributed by atoms with Crippen molar-refractivity contribution in [3.8, 4) is 90.0 Å². The largest absolute Gasteiger partial charge is 0.309 e. The molecule has 3 heterocycles. The van der Waals surface area contributed by atoms with E-state index in [1.807, 2.05) is 12.1 Å². The van der Waals surface area contributed by atoms with Crippen LogP contribution in [0.5, 0.6) is 0 Å². The molecule has 15 rings (SSSR count). The van der Waals surface area contributed by atoms with Crippen molar-refractivity contribution >= 4 is 43.6 Å². The predicted octanol–water partition coefficient (Wildman–Crippen LogP) is 18.4. The first-order chi connectivity index (χ1) is 37.9. The minimum absolute atomic E-state index is 0.0898. The van der Waals surface area contributed by atoms with Crippen LogP contribution in [0.15, 0.2) is 261 Å². The Morgan fingerprint density at radius 1 is 0.260 bits per heavy atom. The van der Waals surface area contributed by atoms with E-state index in [0.29, 0.717) is 17.5 Å². The molecule has 0 unspecified atom stereocenters. The highest BCUT2D eigenvalue weighted by molar-refractivity contribution is 6.12. The van der Waals surface area contributed by atoms with Crippen LogP contribution in [-0.4, -0.2) is 24.1 Å². The quantitative estimate of drug-likeness (QED) is 0.152. The highest BCUT2D eigenvalue weighted by Gasteiger charge is 2.35. The van der Waals surface area contributed by atoms with Gasteiger partial charge in [-0.1, -0.05) is 208 Å². The van der Waals surface area contributed by atoms with Gasteiger partial charge in [0.15, 0.2) is 17.5 Å². The van der Waals surface area contributed by atoms with Gasteiger partial charge < -0.3 is 9.13 Å². The second kappa shape index (κ2) is 17.6. The lowest BCUT2D eigenvalue weighted by Gasteiger charge is -2.22. The number of rotatable bonds is 8. The zero-order valence-corrected chi connectivity index (χ0v) is 42.6. The number of hydrogen-bond donors (Lipinski definition) is 0. The molecule has 0 saturated carbocycles. The zero-order valence-electron chi connectivity index (χ0n) is 42.6. The van der Waals surface area contributed by atoms with E-state index in [1.165, 1.54) is 66.1 Å². The molecule has 3 aromatic heterocycles. The molecule has 0 fully saturated rings. The molecule has 0 spiro atoms. The third-order valence-electron chi connectivity index (χ3n) is 16.0. The maximum atomic E-state index is 5.16. The Hall–Kier alpha value is -9.97. The Bertz CT molecular complexity index is 4500. The normalized spacial score (nSPS) is 12.6. The molecule has 5 heteroatoms. The maximum absolute atomic E-state index is 5.16. The molecule has 0 radical (unpaired) electrons. The number of aromatic nitrogens is 5. The SMILES string of the molecule is CC1(C)c2ccccc2-c2ccc(-n3c4ccccc4c4cc(-c5ccc6c7ccccc7n(-c7ccc(-c8nc(-c9ccc(-c%10ccccc%10)cc9)nc(-c9ccc(-c%10ccccc%10)cc9)n8)cc7)c6c5)ccc43)cc21. The third kappa shape index (κ3) is 7.34. The Morgan fingerprint density at radius 2 is 0.662 bits per heavy atom. The van der Waals surface area contributed by atoms with Crippen LogP contribution in [0, 0.1) is 0 Å². The molecule has 5 nitrogen and oxygen atoms in total. The summed E-state index contributed by atoms with van der Waals surface area (Å²) in [7, 11) is 0. The lowest BCUT2D eigenvalue weighted by Crippen LogP contribution is -2.15. The average molecular weight is 984 g/mol. The first-order valence-electron chi connectivity index (χ1n) is 26.4. The number of benzene rings is 11. The van der Waals surface area contributed by atoms with E-state index in [1.54, 1.807) is 0 Å². The van der Waals surface area contributed by atoms with Gasteiger partial charge in [0.1, 0.15) is 0 Å². The number of fused-ring (bicyclic) bond motifs is 9. The standard InChI is InChI=1S/C72H49N5/c1-72(2)63-22-12-9-19-57(63)58-41-39-56(45-64(58)72)77-66-24-14-11-21-60(66)62-43-53(36-42-67(62)77)54-35-40-61-59-20-10-13-23-65(59)76(68(61)44-54)55-37-33-52(34-38-55)71-74-69(50-29-25-48(26-30-50)46-15-5-3-6-16-46)73-70(75-71)51-31-27-49(28-32-51)47-17-7-4-8-18-47/h3-45H,1-2H3. The van der Waals surface area contributed by atoms with Crippen molar-refractivity contribution in [1.29, 1.82) is 0 Å². The molecule has 1 aliphatic rings. The summed E-state index contributed by atoms with van der Waals surface area (Å²) in [5.41, 5.74) is 21.9. The third-order valence-corrected chi connectivity index (χ3v) is 16.0. The zero-order chi connectivity index (χ0) is 51.2. The molecule has 0 aliphatic heterocycles. The number of hydrogen-bond acceptors (Lipinski definition) is 3. The van der Waals surface area contributed by atoms with Crippen LogP contribution in [-0.2, 0) is 5.41 Å². The van der Waals surface area contributed by atoms with Crippen molar-refractivity contribution in [2.75, 3.05) is 0 Å². The van der Waals surface area contributed by atoms with Gasteiger partial charge in [-0.05, 0) is 122 Å². The summed E-state index contributed by atoms with van der Waals surface area (Å²) in [6.07, 6.45) is 0. The molecule has 362 valence electrons. The highest BCUT2D eigenvalue weighted by Crippen LogP contribution is 2.50. The number of para-hydroxylation sites is 2. The Kier molecular flexibility index (Phi) is 10.2. The van der Waals surface area contributed by atoms with Gasteiger partial charge in [0.25, 0.3) is 0 Å². The van der Waals surface area contributed by atoms with Crippen LogP contribution >= 0.6 is 0 Å². The molecular formula is C72H49N5. The second-order valence-electron chi connectivity index (χ2n) is 20.8. The molecule has 0 N–H and O–H groups in total. The summed E-state index contributed by atoms with van der Waals surface area (Å²) in [6.45, 7) is 4.71. The molecule has 1 aliphatic carbocycles. The van der Waals surface area contributed by atoms with E-state index in [-0.39, 0.29) is 5.41 Å². The van der Waals surface area contributed by atoms with E-state index in [0.717, 1.165) is 61.2 Å². The summed E-state index contributed by atoms with van der Waals surface area (Å²) < 4.78 is 4.84. The van der Waals surface area contributed by atoms with Crippen LogP contribution in [0.2, 0.25) is 0 Å². The van der Waals surface area contributed by atoms with E-state index in [9.17, 15) is 0 Å². The molecular weight excluding hydrogens is 935 g/mol. The predicted molar refractivity (Wildman–Crippen MR) is 319 cm³/mol. The van der Waals surface area contributed by atoms with Gasteiger partial charge >= 0.3 is 0 Å². The van der Waals surface area contributed by atoms with Crippen LogP contribution in [0.4, 0.5) is 0 Å². The van der Waals surface area contributed by atoms with E-state index < -0.39 is 0 Å². The van der Waals surface area contributed by atoms with Crippen LogP contribution < -0.4 is 0 Å². The minimum atomic E-state index is -0.0898. The fourth-order valence-electron chi connectivity index (χ4n) is 12.1. The number of nitrogens with zero attached hydrogens (tertiary/aromatic N) is 5. The monoisotopic (exact) mass is 983 g/mol. The van der Waals surface area contributed by atoms with Crippen molar-refractivity contribution in [3.05, 3.63) is 272 Å². The Labute approximate surface area is 446 Å².